The van der Waals surface area contributed by atoms with Gasteiger partial charge in [0.2, 0.25) is 0 Å². The van der Waals surface area contributed by atoms with Crippen molar-refractivity contribution in [3.05, 3.63) is 65.0 Å². The molecule has 1 aromatic carbocycles. The van der Waals surface area contributed by atoms with E-state index < -0.39 is 0 Å². The van der Waals surface area contributed by atoms with Gasteiger partial charge in [-0.2, -0.15) is 0 Å². The monoisotopic (exact) mass is 266 g/mol. The number of aryl methyl sites for hydroxylation is 2. The number of benzene rings is 1. The lowest BCUT2D eigenvalue weighted by Gasteiger charge is -2.17. The van der Waals surface area contributed by atoms with Crippen LogP contribution in [0.1, 0.15) is 33.5 Å². The fraction of sp³-hybridized carbons (Fsp3) is 0.294. The first-order valence-electron chi connectivity index (χ1n) is 7.00. The number of carbonyl (C=O) groups excluding carboxylic acids is 1. The van der Waals surface area contributed by atoms with Crippen LogP contribution >= 0.6 is 0 Å². The normalized spacial score (nSPS) is 13.1. The van der Waals surface area contributed by atoms with Crippen molar-refractivity contribution in [2.75, 3.05) is 7.05 Å². The van der Waals surface area contributed by atoms with Gasteiger partial charge in [0.15, 0.2) is 0 Å². The van der Waals surface area contributed by atoms with Gasteiger partial charge >= 0.3 is 0 Å². The standard InChI is InChI=1S/C17H18N2O/c1-19(12-13-7-9-18-10-8-13)17(20)16-6-5-14-3-2-4-15(14)11-16/h5-11H,2-4,12H2,1H3. The van der Waals surface area contributed by atoms with Crippen LogP contribution in [0.4, 0.5) is 0 Å². The number of nitrogens with zero attached hydrogens (tertiary/aromatic N) is 2. The highest BCUT2D eigenvalue weighted by atomic mass is 16.2. The van der Waals surface area contributed by atoms with Gasteiger partial charge in [-0.25, -0.2) is 0 Å². The third-order valence-corrected chi connectivity index (χ3v) is 3.86. The van der Waals surface area contributed by atoms with Crippen LogP contribution in [0.3, 0.4) is 0 Å². The molecule has 0 unspecified atom stereocenters. The fourth-order valence-corrected chi connectivity index (χ4v) is 2.76. The first-order chi connectivity index (χ1) is 9.74. The van der Waals surface area contributed by atoms with Crippen LogP contribution < -0.4 is 0 Å². The first kappa shape index (κ1) is 12.9. The van der Waals surface area contributed by atoms with Crippen molar-refractivity contribution < 1.29 is 4.79 Å². The van der Waals surface area contributed by atoms with Crippen molar-refractivity contribution in [2.24, 2.45) is 0 Å². The van der Waals surface area contributed by atoms with Gasteiger partial charge in [-0.1, -0.05) is 6.07 Å². The van der Waals surface area contributed by atoms with E-state index in [2.05, 4.69) is 17.1 Å². The van der Waals surface area contributed by atoms with E-state index in [0.29, 0.717) is 6.54 Å². The summed E-state index contributed by atoms with van der Waals surface area (Å²) in [6.45, 7) is 0.610. The summed E-state index contributed by atoms with van der Waals surface area (Å²) in [5.74, 6) is 0.0801. The molecule has 3 rings (SSSR count). The molecule has 2 aromatic rings. The number of amides is 1. The largest absolute Gasteiger partial charge is 0.337 e. The Morgan fingerprint density at radius 2 is 1.90 bits per heavy atom. The van der Waals surface area contributed by atoms with Gasteiger partial charge in [0.1, 0.15) is 0 Å². The molecule has 0 saturated carbocycles. The summed E-state index contributed by atoms with van der Waals surface area (Å²) in [4.78, 5) is 18.2. The maximum Gasteiger partial charge on any atom is 0.253 e. The lowest BCUT2D eigenvalue weighted by molar-refractivity contribution is 0.0785. The second-order valence-electron chi connectivity index (χ2n) is 5.35. The van der Waals surface area contributed by atoms with E-state index in [0.717, 1.165) is 24.0 Å². The summed E-state index contributed by atoms with van der Waals surface area (Å²) < 4.78 is 0. The number of hydrogen-bond acceptors (Lipinski definition) is 2. The summed E-state index contributed by atoms with van der Waals surface area (Å²) in [5.41, 5.74) is 4.63. The molecule has 0 atom stereocenters. The maximum absolute atomic E-state index is 12.5. The molecular weight excluding hydrogens is 248 g/mol. The van der Waals surface area contributed by atoms with Gasteiger partial charge < -0.3 is 4.90 Å². The molecule has 1 aliphatic rings. The molecule has 3 nitrogen and oxygen atoms in total. The molecule has 1 aromatic heterocycles. The molecular formula is C17H18N2O. The quantitative estimate of drug-likeness (QED) is 0.856. The van der Waals surface area contributed by atoms with E-state index in [1.165, 1.54) is 17.5 Å². The van der Waals surface area contributed by atoms with Crippen LogP contribution in [0.5, 0.6) is 0 Å². The van der Waals surface area contributed by atoms with E-state index in [1.54, 1.807) is 17.3 Å². The number of rotatable bonds is 3. The second-order valence-corrected chi connectivity index (χ2v) is 5.35. The minimum Gasteiger partial charge on any atom is -0.337 e. The van der Waals surface area contributed by atoms with E-state index in [-0.39, 0.29) is 5.91 Å². The molecule has 3 heteroatoms. The van der Waals surface area contributed by atoms with Crippen molar-refractivity contribution in [3.63, 3.8) is 0 Å². The number of fused-ring (bicyclic) bond motifs is 1. The summed E-state index contributed by atoms with van der Waals surface area (Å²) in [7, 11) is 1.84. The van der Waals surface area contributed by atoms with Crippen LogP contribution in [0, 0.1) is 0 Å². The molecule has 0 spiro atoms. The van der Waals surface area contributed by atoms with Crippen LogP contribution in [0.25, 0.3) is 0 Å². The highest BCUT2D eigenvalue weighted by Gasteiger charge is 2.16. The van der Waals surface area contributed by atoms with Crippen molar-refractivity contribution >= 4 is 5.91 Å². The Hall–Kier alpha value is -2.16. The van der Waals surface area contributed by atoms with Crippen LogP contribution in [-0.2, 0) is 19.4 Å². The Kier molecular flexibility index (Phi) is 3.50. The smallest absolute Gasteiger partial charge is 0.253 e. The zero-order valence-corrected chi connectivity index (χ0v) is 11.7. The molecule has 0 fully saturated rings. The molecule has 0 aliphatic heterocycles. The number of carbonyl (C=O) groups is 1. The number of pyridine rings is 1. The highest BCUT2D eigenvalue weighted by molar-refractivity contribution is 5.94. The average Bonchev–Trinajstić information content (AvgIpc) is 2.94. The lowest BCUT2D eigenvalue weighted by atomic mass is 10.1. The maximum atomic E-state index is 12.5. The van der Waals surface area contributed by atoms with Gasteiger partial charge in [0.25, 0.3) is 5.91 Å². The number of hydrogen-bond donors (Lipinski definition) is 0. The van der Waals surface area contributed by atoms with Gasteiger partial charge in [-0.15, -0.1) is 0 Å². The average molecular weight is 266 g/mol. The molecule has 102 valence electrons. The van der Waals surface area contributed by atoms with Crippen molar-refractivity contribution in [2.45, 2.75) is 25.8 Å². The van der Waals surface area contributed by atoms with E-state index in [9.17, 15) is 4.79 Å². The van der Waals surface area contributed by atoms with Gasteiger partial charge in [-0.3, -0.25) is 9.78 Å². The molecule has 0 radical (unpaired) electrons. The van der Waals surface area contributed by atoms with Gasteiger partial charge in [0.05, 0.1) is 0 Å². The Bertz CT molecular complexity index is 622. The summed E-state index contributed by atoms with van der Waals surface area (Å²) in [6.07, 6.45) is 6.97. The minimum atomic E-state index is 0.0801. The van der Waals surface area contributed by atoms with Crippen molar-refractivity contribution in [1.29, 1.82) is 0 Å². The second kappa shape index (κ2) is 5.45. The fourth-order valence-electron chi connectivity index (χ4n) is 2.76. The first-order valence-corrected chi connectivity index (χ1v) is 7.00. The molecule has 0 N–H and O–H groups in total. The summed E-state index contributed by atoms with van der Waals surface area (Å²) >= 11 is 0. The van der Waals surface area contributed by atoms with Crippen LogP contribution in [-0.4, -0.2) is 22.8 Å². The topological polar surface area (TPSA) is 33.2 Å². The van der Waals surface area contributed by atoms with Crippen LogP contribution in [0.15, 0.2) is 42.7 Å². The molecule has 1 aliphatic carbocycles. The lowest BCUT2D eigenvalue weighted by Crippen LogP contribution is -2.26. The Balaban J connectivity index is 1.75. The molecule has 1 amide bonds. The minimum absolute atomic E-state index is 0.0801. The summed E-state index contributed by atoms with van der Waals surface area (Å²) in [6, 6.07) is 10.00. The molecule has 20 heavy (non-hydrogen) atoms. The van der Waals surface area contributed by atoms with Gasteiger partial charge in [-0.05, 0) is 60.2 Å². The molecule has 1 heterocycles. The van der Waals surface area contributed by atoms with Crippen molar-refractivity contribution in [1.82, 2.24) is 9.88 Å². The third kappa shape index (κ3) is 2.57. The van der Waals surface area contributed by atoms with Crippen LogP contribution in [0.2, 0.25) is 0 Å². The Morgan fingerprint density at radius 3 is 2.70 bits per heavy atom. The predicted molar refractivity (Wildman–Crippen MR) is 78.5 cm³/mol. The SMILES string of the molecule is CN(Cc1ccncc1)C(=O)c1ccc2c(c1)CCC2. The van der Waals surface area contributed by atoms with Gasteiger partial charge in [0, 0.05) is 31.5 Å². The highest BCUT2D eigenvalue weighted by Crippen LogP contribution is 2.23. The number of aromatic nitrogens is 1. The summed E-state index contributed by atoms with van der Waals surface area (Å²) in [5, 5.41) is 0. The molecule has 0 bridgehead atoms. The third-order valence-electron chi connectivity index (χ3n) is 3.86. The molecule has 0 saturated heterocycles. The van der Waals surface area contributed by atoms with Crippen molar-refractivity contribution in [3.8, 4) is 0 Å². The van der Waals surface area contributed by atoms with E-state index in [1.807, 2.05) is 25.2 Å². The van der Waals surface area contributed by atoms with E-state index in [4.69, 9.17) is 0 Å². The van der Waals surface area contributed by atoms with E-state index >= 15 is 0 Å². The predicted octanol–water partition coefficient (Wildman–Crippen LogP) is 2.84. The Labute approximate surface area is 119 Å². The zero-order valence-electron chi connectivity index (χ0n) is 11.7. The zero-order chi connectivity index (χ0) is 13.9. The Morgan fingerprint density at radius 1 is 1.15 bits per heavy atom.